The molecule has 0 saturated carbocycles. The number of hydrogen-bond donors (Lipinski definition) is 0. The highest BCUT2D eigenvalue weighted by atomic mass is 16.5. The molecule has 25 heavy (non-hydrogen) atoms. The van der Waals surface area contributed by atoms with E-state index in [4.69, 9.17) is 4.74 Å². The minimum Gasteiger partial charge on any atom is -0.427 e. The minimum atomic E-state index is -0.179. The SMILES string of the molecule is CCCCCCc1cnc(-c2ccc(OC(=O)CCCC)cc2)cn1. The van der Waals surface area contributed by atoms with Crippen molar-refractivity contribution in [3.8, 4) is 17.0 Å². The lowest BCUT2D eigenvalue weighted by atomic mass is 10.1. The van der Waals surface area contributed by atoms with E-state index in [1.807, 2.05) is 24.5 Å². The summed E-state index contributed by atoms with van der Waals surface area (Å²) < 4.78 is 5.32. The number of ether oxygens (including phenoxy) is 1. The van der Waals surface area contributed by atoms with E-state index in [0.717, 1.165) is 36.2 Å². The molecule has 2 aromatic rings. The highest BCUT2D eigenvalue weighted by Gasteiger charge is 2.06. The van der Waals surface area contributed by atoms with Crippen LogP contribution in [0.4, 0.5) is 0 Å². The van der Waals surface area contributed by atoms with E-state index in [2.05, 4.69) is 23.8 Å². The number of benzene rings is 1. The highest BCUT2D eigenvalue weighted by molar-refractivity contribution is 5.72. The van der Waals surface area contributed by atoms with Gasteiger partial charge in [-0.05, 0) is 43.5 Å². The van der Waals surface area contributed by atoms with Crippen molar-refractivity contribution in [2.75, 3.05) is 0 Å². The van der Waals surface area contributed by atoms with Gasteiger partial charge in [-0.25, -0.2) is 0 Å². The van der Waals surface area contributed by atoms with Gasteiger partial charge in [0.25, 0.3) is 0 Å². The Labute approximate surface area is 150 Å². The second kappa shape index (κ2) is 10.6. The smallest absolute Gasteiger partial charge is 0.311 e. The van der Waals surface area contributed by atoms with Crippen LogP contribution < -0.4 is 4.74 Å². The Morgan fingerprint density at radius 1 is 0.920 bits per heavy atom. The Kier molecular flexibility index (Phi) is 8.10. The van der Waals surface area contributed by atoms with Gasteiger partial charge < -0.3 is 4.74 Å². The molecule has 1 aromatic carbocycles. The molecule has 134 valence electrons. The molecular formula is C21H28N2O2. The monoisotopic (exact) mass is 340 g/mol. The minimum absolute atomic E-state index is 0.179. The number of aromatic nitrogens is 2. The maximum atomic E-state index is 11.6. The molecule has 0 bridgehead atoms. The molecule has 0 aliphatic rings. The van der Waals surface area contributed by atoms with Crippen molar-refractivity contribution in [2.24, 2.45) is 0 Å². The van der Waals surface area contributed by atoms with E-state index in [0.29, 0.717) is 12.2 Å². The fourth-order valence-electron chi connectivity index (χ4n) is 2.56. The summed E-state index contributed by atoms with van der Waals surface area (Å²) in [4.78, 5) is 20.7. The molecule has 0 aliphatic carbocycles. The van der Waals surface area contributed by atoms with Gasteiger partial charge in [0.05, 0.1) is 17.6 Å². The second-order valence-corrected chi connectivity index (χ2v) is 6.31. The molecule has 4 heteroatoms. The number of aryl methyl sites for hydroxylation is 1. The Morgan fingerprint density at radius 3 is 2.32 bits per heavy atom. The molecule has 0 radical (unpaired) electrons. The molecule has 0 N–H and O–H groups in total. The Bertz CT molecular complexity index is 636. The molecule has 0 saturated heterocycles. The molecule has 0 atom stereocenters. The summed E-state index contributed by atoms with van der Waals surface area (Å²) in [7, 11) is 0. The summed E-state index contributed by atoms with van der Waals surface area (Å²) >= 11 is 0. The van der Waals surface area contributed by atoms with Crippen LogP contribution in [-0.2, 0) is 11.2 Å². The molecule has 4 nitrogen and oxygen atoms in total. The second-order valence-electron chi connectivity index (χ2n) is 6.31. The van der Waals surface area contributed by atoms with Gasteiger partial charge in [-0.2, -0.15) is 0 Å². The van der Waals surface area contributed by atoms with Gasteiger partial charge in [0.1, 0.15) is 5.75 Å². The van der Waals surface area contributed by atoms with E-state index in [9.17, 15) is 4.79 Å². The first-order valence-corrected chi connectivity index (χ1v) is 9.35. The van der Waals surface area contributed by atoms with E-state index < -0.39 is 0 Å². The van der Waals surface area contributed by atoms with Crippen molar-refractivity contribution in [1.29, 1.82) is 0 Å². The summed E-state index contributed by atoms with van der Waals surface area (Å²) in [5.41, 5.74) is 2.85. The Balaban J connectivity index is 1.89. The van der Waals surface area contributed by atoms with E-state index >= 15 is 0 Å². The van der Waals surface area contributed by atoms with E-state index in [1.165, 1.54) is 25.7 Å². The fraction of sp³-hybridized carbons (Fsp3) is 0.476. The van der Waals surface area contributed by atoms with E-state index in [1.54, 1.807) is 12.1 Å². The summed E-state index contributed by atoms with van der Waals surface area (Å²) in [5, 5.41) is 0. The van der Waals surface area contributed by atoms with Crippen LogP contribution in [0, 0.1) is 0 Å². The largest absolute Gasteiger partial charge is 0.427 e. The van der Waals surface area contributed by atoms with Crippen LogP contribution in [0.5, 0.6) is 5.75 Å². The first-order valence-electron chi connectivity index (χ1n) is 9.35. The van der Waals surface area contributed by atoms with Crippen LogP contribution in [0.25, 0.3) is 11.3 Å². The molecule has 0 spiro atoms. The number of hydrogen-bond acceptors (Lipinski definition) is 4. The Morgan fingerprint density at radius 2 is 1.68 bits per heavy atom. The van der Waals surface area contributed by atoms with E-state index in [-0.39, 0.29) is 5.97 Å². The van der Waals surface area contributed by atoms with Crippen LogP contribution in [0.3, 0.4) is 0 Å². The highest BCUT2D eigenvalue weighted by Crippen LogP contribution is 2.21. The maximum Gasteiger partial charge on any atom is 0.311 e. The van der Waals surface area contributed by atoms with Gasteiger partial charge >= 0.3 is 5.97 Å². The zero-order valence-corrected chi connectivity index (χ0v) is 15.3. The maximum absolute atomic E-state index is 11.6. The van der Waals surface area contributed by atoms with Gasteiger partial charge in [0.2, 0.25) is 0 Å². The quantitative estimate of drug-likeness (QED) is 0.332. The van der Waals surface area contributed by atoms with Gasteiger partial charge in [-0.1, -0.05) is 39.5 Å². The van der Waals surface area contributed by atoms with Crippen LogP contribution in [0.2, 0.25) is 0 Å². The summed E-state index contributed by atoms with van der Waals surface area (Å²) in [6.07, 6.45) is 11.9. The fourth-order valence-corrected chi connectivity index (χ4v) is 2.56. The number of nitrogens with zero attached hydrogens (tertiary/aromatic N) is 2. The van der Waals surface area contributed by atoms with Gasteiger partial charge in [0.15, 0.2) is 0 Å². The molecule has 2 rings (SSSR count). The zero-order chi connectivity index (χ0) is 17.9. The average Bonchev–Trinajstić information content (AvgIpc) is 2.65. The van der Waals surface area contributed by atoms with Gasteiger partial charge in [-0.15, -0.1) is 0 Å². The van der Waals surface area contributed by atoms with Crippen molar-refractivity contribution < 1.29 is 9.53 Å². The summed E-state index contributed by atoms with van der Waals surface area (Å²) in [5.74, 6) is 0.396. The lowest BCUT2D eigenvalue weighted by molar-refractivity contribution is -0.134. The molecule has 0 aliphatic heterocycles. The van der Waals surface area contributed by atoms with Crippen molar-refractivity contribution in [3.63, 3.8) is 0 Å². The number of unbranched alkanes of at least 4 members (excludes halogenated alkanes) is 4. The lowest BCUT2D eigenvalue weighted by Crippen LogP contribution is -2.07. The first kappa shape index (κ1) is 19.1. The standard InChI is InChI=1S/C21H28N2O2/c1-3-5-7-8-9-18-15-23-20(16-22-18)17-11-13-19(14-12-17)25-21(24)10-6-4-2/h11-16H,3-10H2,1-2H3. The summed E-state index contributed by atoms with van der Waals surface area (Å²) in [6.45, 7) is 4.27. The predicted octanol–water partition coefficient (Wildman–Crippen LogP) is 5.36. The number of carbonyl (C=O) groups excluding carboxylic acids is 1. The third-order valence-corrected chi connectivity index (χ3v) is 4.11. The number of rotatable bonds is 10. The van der Waals surface area contributed by atoms with Crippen LogP contribution in [0.15, 0.2) is 36.7 Å². The molecular weight excluding hydrogens is 312 g/mol. The van der Waals surface area contributed by atoms with Crippen LogP contribution in [-0.4, -0.2) is 15.9 Å². The molecule has 0 amide bonds. The normalized spacial score (nSPS) is 10.6. The number of carbonyl (C=O) groups is 1. The first-order chi connectivity index (χ1) is 12.2. The van der Waals surface area contributed by atoms with Crippen LogP contribution >= 0.6 is 0 Å². The average molecular weight is 340 g/mol. The molecule has 0 fully saturated rings. The topological polar surface area (TPSA) is 52.1 Å². The van der Waals surface area contributed by atoms with Crippen molar-refractivity contribution in [1.82, 2.24) is 9.97 Å². The number of esters is 1. The van der Waals surface area contributed by atoms with Crippen molar-refractivity contribution in [3.05, 3.63) is 42.4 Å². The summed E-state index contributed by atoms with van der Waals surface area (Å²) in [6, 6.07) is 7.43. The van der Waals surface area contributed by atoms with Gasteiger partial charge in [0, 0.05) is 18.2 Å². The van der Waals surface area contributed by atoms with Crippen LogP contribution in [0.1, 0.15) is 64.5 Å². The lowest BCUT2D eigenvalue weighted by Gasteiger charge is -2.06. The third kappa shape index (κ3) is 6.65. The third-order valence-electron chi connectivity index (χ3n) is 4.11. The molecule has 1 heterocycles. The molecule has 0 unspecified atom stereocenters. The predicted molar refractivity (Wildman–Crippen MR) is 100 cm³/mol. The zero-order valence-electron chi connectivity index (χ0n) is 15.3. The Hall–Kier alpha value is -2.23. The van der Waals surface area contributed by atoms with Crippen molar-refractivity contribution in [2.45, 2.75) is 65.2 Å². The van der Waals surface area contributed by atoms with Gasteiger partial charge in [-0.3, -0.25) is 14.8 Å². The molecule has 1 aromatic heterocycles. The van der Waals surface area contributed by atoms with Crippen molar-refractivity contribution >= 4 is 5.97 Å².